The van der Waals surface area contributed by atoms with Crippen LogP contribution in [0.15, 0.2) is 0 Å². The molecule has 0 heterocycles. The minimum absolute atomic E-state index is 0.0980. The smallest absolute Gasteiger partial charge is 0.305 e. The van der Waals surface area contributed by atoms with Crippen LogP contribution in [0.2, 0.25) is 0 Å². The molecule has 0 bridgehead atoms. The number of amides is 1. The lowest BCUT2D eigenvalue weighted by molar-refractivity contribution is -0.140. The van der Waals surface area contributed by atoms with Gasteiger partial charge in [-0.1, -0.05) is 45.4 Å². The Balaban J connectivity index is 3.22. The SMILES string of the molecule is CCCCCCCCCNC(=O)CCCCC(=O)OC. The van der Waals surface area contributed by atoms with Gasteiger partial charge in [-0.05, 0) is 19.3 Å². The van der Waals surface area contributed by atoms with Gasteiger partial charge in [-0.25, -0.2) is 0 Å². The van der Waals surface area contributed by atoms with Gasteiger partial charge in [0.25, 0.3) is 0 Å². The summed E-state index contributed by atoms with van der Waals surface area (Å²) >= 11 is 0. The number of esters is 1. The zero-order chi connectivity index (χ0) is 15.1. The minimum atomic E-state index is -0.200. The first kappa shape index (κ1) is 18.9. The molecule has 4 nitrogen and oxygen atoms in total. The molecule has 20 heavy (non-hydrogen) atoms. The van der Waals surface area contributed by atoms with Gasteiger partial charge in [0.15, 0.2) is 0 Å². The normalized spacial score (nSPS) is 10.3. The molecule has 0 aromatic heterocycles. The topological polar surface area (TPSA) is 55.4 Å². The van der Waals surface area contributed by atoms with E-state index in [9.17, 15) is 9.59 Å². The minimum Gasteiger partial charge on any atom is -0.469 e. The first-order valence-electron chi connectivity index (χ1n) is 8.04. The maximum Gasteiger partial charge on any atom is 0.305 e. The molecule has 1 amide bonds. The summed E-state index contributed by atoms with van der Waals surface area (Å²) in [6.45, 7) is 3.00. The summed E-state index contributed by atoms with van der Waals surface area (Å²) in [7, 11) is 1.39. The molecule has 0 aliphatic heterocycles. The number of unbranched alkanes of at least 4 members (excludes halogenated alkanes) is 7. The Morgan fingerprint density at radius 2 is 1.45 bits per heavy atom. The van der Waals surface area contributed by atoms with E-state index in [1.807, 2.05) is 0 Å². The summed E-state index contributed by atoms with van der Waals surface area (Å²) in [4.78, 5) is 22.4. The average Bonchev–Trinajstić information content (AvgIpc) is 2.46. The van der Waals surface area contributed by atoms with Gasteiger partial charge in [0.05, 0.1) is 7.11 Å². The van der Waals surface area contributed by atoms with Gasteiger partial charge in [0, 0.05) is 19.4 Å². The predicted octanol–water partition coefficient (Wildman–Crippen LogP) is 3.59. The maximum absolute atomic E-state index is 11.5. The Labute approximate surface area is 123 Å². The Morgan fingerprint density at radius 1 is 0.850 bits per heavy atom. The number of methoxy groups -OCH3 is 1. The van der Waals surface area contributed by atoms with Crippen molar-refractivity contribution in [2.24, 2.45) is 0 Å². The summed E-state index contributed by atoms with van der Waals surface area (Å²) < 4.78 is 4.54. The molecule has 0 spiro atoms. The summed E-state index contributed by atoms with van der Waals surface area (Å²) in [5.74, 6) is -0.102. The van der Waals surface area contributed by atoms with Gasteiger partial charge in [-0.3, -0.25) is 9.59 Å². The van der Waals surface area contributed by atoms with Crippen molar-refractivity contribution < 1.29 is 14.3 Å². The van der Waals surface area contributed by atoms with E-state index in [1.54, 1.807) is 0 Å². The Bertz CT molecular complexity index is 254. The summed E-state index contributed by atoms with van der Waals surface area (Å²) in [5, 5.41) is 2.93. The van der Waals surface area contributed by atoms with E-state index in [4.69, 9.17) is 0 Å². The van der Waals surface area contributed by atoms with Crippen LogP contribution in [0, 0.1) is 0 Å². The monoisotopic (exact) mass is 285 g/mol. The highest BCUT2D eigenvalue weighted by molar-refractivity contribution is 5.75. The number of hydrogen-bond acceptors (Lipinski definition) is 3. The molecule has 0 saturated heterocycles. The fraction of sp³-hybridized carbons (Fsp3) is 0.875. The van der Waals surface area contributed by atoms with Gasteiger partial charge in [0.1, 0.15) is 0 Å². The molecule has 1 N–H and O–H groups in total. The number of hydrogen-bond donors (Lipinski definition) is 1. The number of rotatable bonds is 13. The highest BCUT2D eigenvalue weighted by Gasteiger charge is 2.03. The molecule has 0 rings (SSSR count). The van der Waals surface area contributed by atoms with Gasteiger partial charge >= 0.3 is 5.97 Å². The van der Waals surface area contributed by atoms with E-state index in [0.717, 1.165) is 25.8 Å². The zero-order valence-corrected chi connectivity index (χ0v) is 13.2. The maximum atomic E-state index is 11.5. The second-order valence-corrected chi connectivity index (χ2v) is 5.25. The molecule has 118 valence electrons. The molecular formula is C16H31NO3. The highest BCUT2D eigenvalue weighted by Crippen LogP contribution is 2.06. The molecule has 0 radical (unpaired) electrons. The van der Waals surface area contributed by atoms with Crippen molar-refractivity contribution in [1.82, 2.24) is 5.32 Å². The average molecular weight is 285 g/mol. The van der Waals surface area contributed by atoms with E-state index in [-0.39, 0.29) is 11.9 Å². The van der Waals surface area contributed by atoms with Crippen LogP contribution in [0.4, 0.5) is 0 Å². The quantitative estimate of drug-likeness (QED) is 0.415. The lowest BCUT2D eigenvalue weighted by Crippen LogP contribution is -2.24. The van der Waals surface area contributed by atoms with E-state index < -0.39 is 0 Å². The van der Waals surface area contributed by atoms with Gasteiger partial charge in [0.2, 0.25) is 5.91 Å². The first-order valence-corrected chi connectivity index (χ1v) is 8.04. The van der Waals surface area contributed by atoms with Crippen molar-refractivity contribution in [2.45, 2.75) is 77.6 Å². The number of nitrogens with one attached hydrogen (secondary N) is 1. The van der Waals surface area contributed by atoms with Gasteiger partial charge in [-0.15, -0.1) is 0 Å². The Kier molecular flexibility index (Phi) is 13.6. The molecule has 0 aliphatic rings. The van der Waals surface area contributed by atoms with Crippen LogP contribution in [0.1, 0.15) is 77.6 Å². The van der Waals surface area contributed by atoms with Crippen molar-refractivity contribution in [3.8, 4) is 0 Å². The summed E-state index contributed by atoms with van der Waals surface area (Å²) in [6.07, 6.45) is 11.2. The molecule has 0 aliphatic carbocycles. The highest BCUT2D eigenvalue weighted by atomic mass is 16.5. The third-order valence-corrected chi connectivity index (χ3v) is 3.36. The standard InChI is InChI=1S/C16H31NO3/c1-3-4-5-6-7-8-11-14-17-15(18)12-9-10-13-16(19)20-2/h3-14H2,1-2H3,(H,17,18). The van der Waals surface area contributed by atoms with Crippen LogP contribution >= 0.6 is 0 Å². The second kappa shape index (κ2) is 14.4. The van der Waals surface area contributed by atoms with E-state index in [1.165, 1.54) is 45.6 Å². The van der Waals surface area contributed by atoms with Gasteiger partial charge in [-0.2, -0.15) is 0 Å². The third kappa shape index (κ3) is 13.4. The Morgan fingerprint density at radius 3 is 2.10 bits per heavy atom. The van der Waals surface area contributed by atoms with E-state index >= 15 is 0 Å². The molecule has 0 atom stereocenters. The van der Waals surface area contributed by atoms with Crippen LogP contribution in [0.3, 0.4) is 0 Å². The van der Waals surface area contributed by atoms with Crippen LogP contribution in [-0.4, -0.2) is 25.5 Å². The fourth-order valence-electron chi connectivity index (χ4n) is 2.06. The molecule has 0 aromatic rings. The van der Waals surface area contributed by atoms with Crippen LogP contribution in [0.5, 0.6) is 0 Å². The first-order chi connectivity index (χ1) is 9.70. The number of carbonyl (C=O) groups is 2. The van der Waals surface area contributed by atoms with Crippen molar-refractivity contribution in [1.29, 1.82) is 0 Å². The molecule has 0 unspecified atom stereocenters. The van der Waals surface area contributed by atoms with Crippen molar-refractivity contribution >= 4 is 11.9 Å². The second-order valence-electron chi connectivity index (χ2n) is 5.25. The molecule has 0 saturated carbocycles. The predicted molar refractivity (Wildman–Crippen MR) is 81.5 cm³/mol. The fourth-order valence-corrected chi connectivity index (χ4v) is 2.06. The zero-order valence-electron chi connectivity index (χ0n) is 13.2. The Hall–Kier alpha value is -1.06. The van der Waals surface area contributed by atoms with Crippen molar-refractivity contribution in [2.75, 3.05) is 13.7 Å². The molecular weight excluding hydrogens is 254 g/mol. The van der Waals surface area contributed by atoms with Crippen LogP contribution in [-0.2, 0) is 14.3 Å². The van der Waals surface area contributed by atoms with E-state index in [2.05, 4.69) is 17.0 Å². The summed E-state index contributed by atoms with van der Waals surface area (Å²) in [6, 6.07) is 0. The van der Waals surface area contributed by atoms with Crippen LogP contribution < -0.4 is 5.32 Å². The van der Waals surface area contributed by atoms with E-state index in [0.29, 0.717) is 12.8 Å². The lowest BCUT2D eigenvalue weighted by Gasteiger charge is -2.05. The number of carbonyl (C=O) groups excluding carboxylic acids is 2. The van der Waals surface area contributed by atoms with Crippen molar-refractivity contribution in [3.63, 3.8) is 0 Å². The lowest BCUT2D eigenvalue weighted by atomic mass is 10.1. The van der Waals surface area contributed by atoms with Crippen molar-refractivity contribution in [3.05, 3.63) is 0 Å². The molecule has 0 fully saturated rings. The number of ether oxygens (including phenoxy) is 1. The molecule has 0 aromatic carbocycles. The van der Waals surface area contributed by atoms with Gasteiger partial charge < -0.3 is 10.1 Å². The largest absolute Gasteiger partial charge is 0.469 e. The third-order valence-electron chi connectivity index (χ3n) is 3.36. The molecule has 4 heteroatoms. The summed E-state index contributed by atoms with van der Waals surface area (Å²) in [5.41, 5.74) is 0. The van der Waals surface area contributed by atoms with Crippen LogP contribution in [0.25, 0.3) is 0 Å².